The third-order valence-corrected chi connectivity index (χ3v) is 2.11. The number of rotatable bonds is 3. The minimum Gasteiger partial charge on any atom is -0.330 e. The Morgan fingerprint density at radius 1 is 1.27 bits per heavy atom. The topological polar surface area (TPSA) is 52.0 Å². The van der Waals surface area contributed by atoms with Gasteiger partial charge < -0.3 is 11.5 Å². The normalized spacial score (nSPS) is 12.1. The van der Waals surface area contributed by atoms with Crippen LogP contribution < -0.4 is 11.5 Å². The van der Waals surface area contributed by atoms with Crippen LogP contribution in [0.15, 0.2) is 12.1 Å². The molecular weight excluding hydrogens is 245 g/mol. The molecule has 0 aliphatic heterocycles. The fourth-order valence-electron chi connectivity index (χ4n) is 1.23. The molecule has 0 amide bonds. The van der Waals surface area contributed by atoms with Crippen LogP contribution in [0.25, 0.3) is 0 Å². The molecule has 0 aliphatic rings. The molecule has 0 aromatic heterocycles. The number of halogens is 4. The summed E-state index contributed by atoms with van der Waals surface area (Å²) in [4.78, 5) is 0. The second kappa shape index (κ2) is 6.23. The smallest absolute Gasteiger partial charge is 0.132 e. The minimum atomic E-state index is -0.726. The van der Waals surface area contributed by atoms with Crippen molar-refractivity contribution < 1.29 is 8.78 Å². The Kier molecular flexibility index (Phi) is 6.05. The summed E-state index contributed by atoms with van der Waals surface area (Å²) < 4.78 is 26.5. The summed E-state index contributed by atoms with van der Waals surface area (Å²) in [7, 11) is 0. The van der Waals surface area contributed by atoms with Gasteiger partial charge in [0.15, 0.2) is 0 Å². The number of benzene rings is 1. The molecule has 1 aromatic carbocycles. The van der Waals surface area contributed by atoms with Gasteiger partial charge in [-0.25, -0.2) is 8.78 Å². The summed E-state index contributed by atoms with van der Waals surface area (Å²) in [5.74, 6) is -1.45. The van der Waals surface area contributed by atoms with Crippen LogP contribution in [0.3, 0.4) is 0 Å². The van der Waals surface area contributed by atoms with E-state index in [9.17, 15) is 8.78 Å². The van der Waals surface area contributed by atoms with Gasteiger partial charge in [0.05, 0.1) is 0 Å². The van der Waals surface area contributed by atoms with E-state index in [0.29, 0.717) is 6.42 Å². The molecule has 0 fully saturated rings. The van der Waals surface area contributed by atoms with Gasteiger partial charge in [-0.3, -0.25) is 0 Å². The van der Waals surface area contributed by atoms with Crippen molar-refractivity contribution in [3.63, 3.8) is 0 Å². The van der Waals surface area contributed by atoms with Gasteiger partial charge in [0.25, 0.3) is 0 Å². The van der Waals surface area contributed by atoms with E-state index in [1.54, 1.807) is 0 Å². The molecule has 0 unspecified atom stereocenters. The average molecular weight is 257 g/mol. The van der Waals surface area contributed by atoms with Gasteiger partial charge in [0, 0.05) is 16.6 Å². The predicted octanol–water partition coefficient (Wildman–Crippen LogP) is 2.39. The van der Waals surface area contributed by atoms with Gasteiger partial charge in [-0.1, -0.05) is 11.6 Å². The molecule has 0 saturated carbocycles. The first-order chi connectivity index (χ1) is 6.56. The van der Waals surface area contributed by atoms with Crippen molar-refractivity contribution >= 4 is 24.0 Å². The Bertz CT molecular complexity index is 311. The van der Waals surface area contributed by atoms with Crippen LogP contribution in [-0.4, -0.2) is 6.54 Å². The molecule has 0 spiro atoms. The Hall–Kier alpha value is -0.420. The lowest BCUT2D eigenvalue weighted by molar-refractivity contribution is 0.515. The summed E-state index contributed by atoms with van der Waals surface area (Å²) in [5.41, 5.74) is 10.6. The summed E-state index contributed by atoms with van der Waals surface area (Å²) in [5, 5.41) is 0.0173. The zero-order valence-electron chi connectivity index (χ0n) is 7.84. The molecular formula is C9H12Cl2F2N2. The molecule has 2 nitrogen and oxygen atoms in total. The first kappa shape index (κ1) is 14.6. The summed E-state index contributed by atoms with van der Waals surface area (Å²) in [6.07, 6.45) is 0.329. The van der Waals surface area contributed by atoms with E-state index in [2.05, 4.69) is 0 Å². The molecule has 0 saturated heterocycles. The highest BCUT2D eigenvalue weighted by Crippen LogP contribution is 2.24. The standard InChI is InChI=1S/C9H11ClF2N2.ClH/c10-5-3-6(11)9(7(12)4-5)8(14)1-2-13;/h3-4,8H,1-2,13-14H2;1H/t8-;/m1./s1. The van der Waals surface area contributed by atoms with Crippen molar-refractivity contribution in [2.24, 2.45) is 11.5 Å². The predicted molar refractivity (Wildman–Crippen MR) is 59.2 cm³/mol. The van der Waals surface area contributed by atoms with E-state index in [1.165, 1.54) is 0 Å². The molecule has 15 heavy (non-hydrogen) atoms. The zero-order chi connectivity index (χ0) is 10.7. The fraction of sp³-hybridized carbons (Fsp3) is 0.333. The zero-order valence-corrected chi connectivity index (χ0v) is 9.42. The lowest BCUT2D eigenvalue weighted by atomic mass is 10.0. The Morgan fingerprint density at radius 3 is 2.13 bits per heavy atom. The van der Waals surface area contributed by atoms with Crippen LogP contribution >= 0.6 is 24.0 Å². The molecule has 0 bridgehead atoms. The first-order valence-electron chi connectivity index (χ1n) is 4.16. The Morgan fingerprint density at radius 2 is 1.73 bits per heavy atom. The van der Waals surface area contributed by atoms with Gasteiger partial charge in [0.1, 0.15) is 11.6 Å². The van der Waals surface area contributed by atoms with E-state index in [-0.39, 0.29) is 29.5 Å². The van der Waals surface area contributed by atoms with E-state index >= 15 is 0 Å². The Balaban J connectivity index is 0.00000196. The first-order valence-corrected chi connectivity index (χ1v) is 4.54. The molecule has 1 atom stereocenters. The molecule has 6 heteroatoms. The molecule has 0 aliphatic carbocycles. The molecule has 1 aromatic rings. The highest BCUT2D eigenvalue weighted by molar-refractivity contribution is 6.30. The van der Waals surface area contributed by atoms with Crippen molar-refractivity contribution in [1.82, 2.24) is 0 Å². The highest BCUT2D eigenvalue weighted by Gasteiger charge is 2.16. The fourth-order valence-corrected chi connectivity index (χ4v) is 1.42. The molecule has 1 rings (SSSR count). The van der Waals surface area contributed by atoms with E-state index < -0.39 is 17.7 Å². The van der Waals surface area contributed by atoms with Crippen molar-refractivity contribution in [3.05, 3.63) is 34.4 Å². The summed E-state index contributed by atoms with van der Waals surface area (Å²) in [6.45, 7) is 0.280. The third kappa shape index (κ3) is 3.57. The van der Waals surface area contributed by atoms with E-state index in [4.69, 9.17) is 23.1 Å². The SMILES string of the molecule is Cl.NCC[C@@H](N)c1c(F)cc(Cl)cc1F. The molecule has 4 N–H and O–H groups in total. The monoisotopic (exact) mass is 256 g/mol. The summed E-state index contributed by atoms with van der Waals surface area (Å²) in [6, 6.07) is 1.35. The maximum Gasteiger partial charge on any atom is 0.132 e. The van der Waals surface area contributed by atoms with Crippen molar-refractivity contribution in [2.45, 2.75) is 12.5 Å². The van der Waals surface area contributed by atoms with Gasteiger partial charge in [0.2, 0.25) is 0 Å². The second-order valence-electron chi connectivity index (χ2n) is 2.97. The second-order valence-corrected chi connectivity index (χ2v) is 3.40. The third-order valence-electron chi connectivity index (χ3n) is 1.89. The lowest BCUT2D eigenvalue weighted by Crippen LogP contribution is -2.18. The van der Waals surface area contributed by atoms with Gasteiger partial charge >= 0.3 is 0 Å². The maximum absolute atomic E-state index is 13.2. The van der Waals surface area contributed by atoms with Crippen LogP contribution in [0.5, 0.6) is 0 Å². The van der Waals surface area contributed by atoms with E-state index in [0.717, 1.165) is 12.1 Å². The van der Waals surface area contributed by atoms with Crippen LogP contribution in [0.1, 0.15) is 18.0 Å². The van der Waals surface area contributed by atoms with Crippen LogP contribution in [0.2, 0.25) is 5.02 Å². The van der Waals surface area contributed by atoms with Crippen LogP contribution in [-0.2, 0) is 0 Å². The summed E-state index contributed by atoms with van der Waals surface area (Å²) >= 11 is 5.46. The average Bonchev–Trinajstić information content (AvgIpc) is 2.01. The largest absolute Gasteiger partial charge is 0.330 e. The molecule has 0 radical (unpaired) electrons. The number of hydrogen-bond acceptors (Lipinski definition) is 2. The maximum atomic E-state index is 13.2. The highest BCUT2D eigenvalue weighted by atomic mass is 35.5. The molecule has 0 heterocycles. The van der Waals surface area contributed by atoms with Gasteiger partial charge in [-0.2, -0.15) is 0 Å². The van der Waals surface area contributed by atoms with Gasteiger partial charge in [-0.05, 0) is 25.1 Å². The molecule has 86 valence electrons. The number of nitrogens with two attached hydrogens (primary N) is 2. The van der Waals surface area contributed by atoms with Crippen LogP contribution in [0, 0.1) is 11.6 Å². The van der Waals surface area contributed by atoms with Crippen molar-refractivity contribution in [2.75, 3.05) is 6.54 Å². The lowest BCUT2D eigenvalue weighted by Gasteiger charge is -2.12. The quantitative estimate of drug-likeness (QED) is 0.873. The number of hydrogen-bond donors (Lipinski definition) is 2. The van der Waals surface area contributed by atoms with E-state index in [1.807, 2.05) is 0 Å². The Labute approximate surface area is 98.0 Å². The van der Waals surface area contributed by atoms with Crippen molar-refractivity contribution in [3.8, 4) is 0 Å². The van der Waals surface area contributed by atoms with Crippen molar-refractivity contribution in [1.29, 1.82) is 0 Å². The van der Waals surface area contributed by atoms with Crippen LogP contribution in [0.4, 0.5) is 8.78 Å². The van der Waals surface area contributed by atoms with Gasteiger partial charge in [-0.15, -0.1) is 12.4 Å². The minimum absolute atomic E-state index is 0.